The summed E-state index contributed by atoms with van der Waals surface area (Å²) in [5, 5.41) is 2.72. The highest BCUT2D eigenvalue weighted by molar-refractivity contribution is 5.81. The van der Waals surface area contributed by atoms with E-state index in [4.69, 9.17) is 4.74 Å². The van der Waals surface area contributed by atoms with Crippen LogP contribution in [0, 0.1) is 17.6 Å². The van der Waals surface area contributed by atoms with Gasteiger partial charge in [-0.1, -0.05) is 6.58 Å². The molecule has 1 saturated carbocycles. The maximum absolute atomic E-state index is 13.4. The Morgan fingerprint density at radius 2 is 1.97 bits per heavy atom. The van der Waals surface area contributed by atoms with E-state index in [1.807, 2.05) is 0 Å². The van der Waals surface area contributed by atoms with Crippen LogP contribution in [-0.2, 0) is 20.8 Å². The Balaban J connectivity index is 1.35. The second-order valence-electron chi connectivity index (χ2n) is 7.42. The SMILES string of the molecule is C=C(CCn1cnc(-c2ccc(F)c(F)c2)c1)NC(=O)C1CC(OCCOC(F)(F)F)C1. The predicted molar refractivity (Wildman–Crippen MR) is 104 cm³/mol. The zero-order valence-corrected chi connectivity index (χ0v) is 17.0. The molecule has 1 heterocycles. The number of ether oxygens (including phenoxy) is 2. The van der Waals surface area contributed by atoms with Crippen LogP contribution in [0.15, 0.2) is 43.0 Å². The van der Waals surface area contributed by atoms with Gasteiger partial charge in [-0.25, -0.2) is 13.8 Å². The van der Waals surface area contributed by atoms with Gasteiger partial charge in [0.15, 0.2) is 11.6 Å². The van der Waals surface area contributed by atoms with E-state index in [1.165, 1.54) is 6.07 Å². The first-order chi connectivity index (χ1) is 15.1. The first kappa shape index (κ1) is 23.9. The molecule has 3 rings (SSSR count). The molecule has 1 amide bonds. The molecule has 0 aliphatic heterocycles. The quantitative estimate of drug-likeness (QED) is 0.428. The van der Waals surface area contributed by atoms with Gasteiger partial charge >= 0.3 is 6.36 Å². The molecule has 11 heteroatoms. The van der Waals surface area contributed by atoms with Gasteiger partial charge in [0.2, 0.25) is 5.91 Å². The standard InChI is InChI=1S/C21H22F5N3O3/c1-13(28-20(30)15-8-16(9-15)31-6-7-32-21(24,25)26)4-5-29-11-19(27-12-29)14-2-3-17(22)18(23)10-14/h2-3,10-12,15-16H,1,4-9H2,(H,28,30). The molecule has 0 atom stereocenters. The molecular weight excluding hydrogens is 437 g/mol. The van der Waals surface area contributed by atoms with Crippen LogP contribution >= 0.6 is 0 Å². The third kappa shape index (κ3) is 6.86. The molecule has 32 heavy (non-hydrogen) atoms. The van der Waals surface area contributed by atoms with E-state index in [9.17, 15) is 26.7 Å². The zero-order valence-electron chi connectivity index (χ0n) is 17.0. The topological polar surface area (TPSA) is 65.4 Å². The van der Waals surface area contributed by atoms with Crippen LogP contribution in [-0.4, -0.2) is 41.1 Å². The lowest BCUT2D eigenvalue weighted by Gasteiger charge is -2.34. The minimum Gasteiger partial charge on any atom is -0.376 e. The smallest absolute Gasteiger partial charge is 0.376 e. The maximum atomic E-state index is 13.4. The summed E-state index contributed by atoms with van der Waals surface area (Å²) in [6, 6.07) is 3.54. The van der Waals surface area contributed by atoms with E-state index in [0.29, 0.717) is 42.8 Å². The average molecular weight is 459 g/mol. The number of alkyl halides is 3. The fourth-order valence-corrected chi connectivity index (χ4v) is 3.18. The van der Waals surface area contributed by atoms with E-state index >= 15 is 0 Å². The van der Waals surface area contributed by atoms with Crippen LogP contribution in [0.5, 0.6) is 0 Å². The molecule has 1 aromatic carbocycles. The van der Waals surface area contributed by atoms with E-state index in [1.54, 1.807) is 17.1 Å². The van der Waals surface area contributed by atoms with Gasteiger partial charge < -0.3 is 14.6 Å². The number of nitrogens with zero attached hydrogens (tertiary/aromatic N) is 2. The van der Waals surface area contributed by atoms with Crippen molar-refractivity contribution in [2.24, 2.45) is 5.92 Å². The number of amides is 1. The fraction of sp³-hybridized carbons (Fsp3) is 0.429. The summed E-state index contributed by atoms with van der Waals surface area (Å²) in [6.07, 6.45) is -0.449. The highest BCUT2D eigenvalue weighted by atomic mass is 19.4. The molecule has 0 radical (unpaired) electrons. The van der Waals surface area contributed by atoms with Gasteiger partial charge in [-0.15, -0.1) is 13.2 Å². The van der Waals surface area contributed by atoms with Crippen molar-refractivity contribution < 1.29 is 36.2 Å². The van der Waals surface area contributed by atoms with Crippen LogP contribution < -0.4 is 5.32 Å². The number of carbonyl (C=O) groups is 1. The second-order valence-corrected chi connectivity index (χ2v) is 7.42. The first-order valence-electron chi connectivity index (χ1n) is 9.89. The third-order valence-corrected chi connectivity index (χ3v) is 4.99. The summed E-state index contributed by atoms with van der Waals surface area (Å²) in [5.74, 6) is -2.38. The molecule has 1 fully saturated rings. The number of nitrogens with one attached hydrogen (secondary N) is 1. The van der Waals surface area contributed by atoms with Crippen molar-refractivity contribution in [3.05, 3.63) is 54.6 Å². The molecule has 0 bridgehead atoms. The van der Waals surface area contributed by atoms with Gasteiger partial charge in [-0.2, -0.15) is 0 Å². The third-order valence-electron chi connectivity index (χ3n) is 4.99. The van der Waals surface area contributed by atoms with Crippen LogP contribution in [0.3, 0.4) is 0 Å². The van der Waals surface area contributed by atoms with Gasteiger partial charge in [0.1, 0.15) is 0 Å². The molecule has 2 aromatic rings. The molecule has 0 saturated heterocycles. The minimum absolute atomic E-state index is 0.192. The normalized spacial score (nSPS) is 18.3. The number of carbonyl (C=O) groups excluding carboxylic acids is 1. The molecule has 1 aliphatic rings. The number of benzene rings is 1. The molecule has 1 N–H and O–H groups in total. The molecule has 1 aromatic heterocycles. The van der Waals surface area contributed by atoms with Gasteiger partial charge in [0, 0.05) is 36.3 Å². The Hall–Kier alpha value is -2.79. The number of halogens is 5. The maximum Gasteiger partial charge on any atom is 0.522 e. The first-order valence-corrected chi connectivity index (χ1v) is 9.89. The Kier molecular flexibility index (Phi) is 7.62. The van der Waals surface area contributed by atoms with Crippen LogP contribution in [0.4, 0.5) is 22.0 Å². The molecular formula is C21H22F5N3O3. The largest absolute Gasteiger partial charge is 0.522 e. The number of aromatic nitrogens is 2. The minimum atomic E-state index is -4.68. The van der Waals surface area contributed by atoms with Crippen LogP contribution in [0.1, 0.15) is 19.3 Å². The zero-order chi connectivity index (χ0) is 23.3. The van der Waals surface area contributed by atoms with Gasteiger partial charge in [-0.3, -0.25) is 9.53 Å². The van der Waals surface area contributed by atoms with E-state index in [0.717, 1.165) is 12.1 Å². The monoisotopic (exact) mass is 459 g/mol. The van der Waals surface area contributed by atoms with Crippen molar-refractivity contribution >= 4 is 5.91 Å². The van der Waals surface area contributed by atoms with Crippen molar-refractivity contribution in [1.82, 2.24) is 14.9 Å². The number of imidazole rings is 1. The highest BCUT2D eigenvalue weighted by Gasteiger charge is 2.35. The Morgan fingerprint density at radius 1 is 1.22 bits per heavy atom. The molecule has 1 aliphatic carbocycles. The van der Waals surface area contributed by atoms with Crippen molar-refractivity contribution in [2.45, 2.75) is 38.3 Å². The van der Waals surface area contributed by atoms with Crippen molar-refractivity contribution in [1.29, 1.82) is 0 Å². The summed E-state index contributed by atoms with van der Waals surface area (Å²) in [7, 11) is 0. The van der Waals surface area contributed by atoms with Crippen LogP contribution in [0.2, 0.25) is 0 Å². The van der Waals surface area contributed by atoms with Gasteiger partial charge in [0.25, 0.3) is 0 Å². The Labute approximate surface area is 181 Å². The number of rotatable bonds is 10. The molecule has 0 spiro atoms. The van der Waals surface area contributed by atoms with Crippen molar-refractivity contribution in [2.75, 3.05) is 13.2 Å². The van der Waals surface area contributed by atoms with Crippen molar-refractivity contribution in [3.8, 4) is 11.3 Å². The van der Waals surface area contributed by atoms with Crippen LogP contribution in [0.25, 0.3) is 11.3 Å². The highest BCUT2D eigenvalue weighted by Crippen LogP contribution is 2.30. The van der Waals surface area contributed by atoms with Gasteiger partial charge in [0.05, 0.1) is 31.3 Å². The molecule has 0 unspecified atom stereocenters. The van der Waals surface area contributed by atoms with Gasteiger partial charge in [-0.05, 0) is 31.0 Å². The number of hydrogen-bond acceptors (Lipinski definition) is 4. The summed E-state index contributed by atoms with van der Waals surface area (Å²) < 4.78 is 72.6. The van der Waals surface area contributed by atoms with Crippen molar-refractivity contribution in [3.63, 3.8) is 0 Å². The Bertz CT molecular complexity index is 954. The lowest BCUT2D eigenvalue weighted by molar-refractivity contribution is -0.328. The summed E-state index contributed by atoms with van der Waals surface area (Å²) in [4.78, 5) is 16.4. The number of allylic oxidation sites excluding steroid dienone is 1. The second kappa shape index (κ2) is 10.2. The summed E-state index contributed by atoms with van der Waals surface area (Å²) in [5.41, 5.74) is 1.43. The number of hydrogen-bond donors (Lipinski definition) is 1. The van der Waals surface area contributed by atoms with E-state index < -0.39 is 24.6 Å². The summed E-state index contributed by atoms with van der Waals surface area (Å²) in [6.45, 7) is 3.52. The Morgan fingerprint density at radius 3 is 2.66 bits per heavy atom. The lowest BCUT2D eigenvalue weighted by Crippen LogP contribution is -2.42. The van der Waals surface area contributed by atoms with E-state index in [-0.39, 0.29) is 24.5 Å². The molecule has 6 nitrogen and oxygen atoms in total. The van der Waals surface area contributed by atoms with E-state index in [2.05, 4.69) is 21.6 Å². The lowest BCUT2D eigenvalue weighted by atomic mass is 9.81. The molecule has 174 valence electrons. The number of aryl methyl sites for hydroxylation is 1. The predicted octanol–water partition coefficient (Wildman–Crippen LogP) is 4.18. The average Bonchev–Trinajstić information content (AvgIpc) is 3.15. The fourth-order valence-electron chi connectivity index (χ4n) is 3.18. The summed E-state index contributed by atoms with van der Waals surface area (Å²) >= 11 is 0.